The first-order chi connectivity index (χ1) is 12.2. The topological polar surface area (TPSA) is 131 Å². The van der Waals surface area contributed by atoms with Gasteiger partial charge in [-0.2, -0.15) is 5.10 Å². The first kappa shape index (κ1) is 18.8. The van der Waals surface area contributed by atoms with Gasteiger partial charge in [0.25, 0.3) is 5.97 Å². The van der Waals surface area contributed by atoms with Crippen LogP contribution in [0.3, 0.4) is 0 Å². The Bertz CT molecular complexity index is 965. The number of aliphatic carboxylic acids is 1. The lowest BCUT2D eigenvalue weighted by molar-refractivity contribution is -0.134. The Morgan fingerprint density at radius 3 is 2.38 bits per heavy atom. The second-order valence-electron chi connectivity index (χ2n) is 5.05. The summed E-state index contributed by atoms with van der Waals surface area (Å²) >= 11 is 0. The zero-order valence-corrected chi connectivity index (χ0v) is 13.4. The first-order valence-corrected chi connectivity index (χ1v) is 7.04. The second kappa shape index (κ2) is 7.59. The highest BCUT2D eigenvalue weighted by atomic mass is 19.1. The quantitative estimate of drug-likeness (QED) is 0.477. The van der Waals surface area contributed by atoms with Gasteiger partial charge in [0.05, 0.1) is 30.5 Å². The third kappa shape index (κ3) is 4.12. The second-order valence-corrected chi connectivity index (χ2v) is 5.05. The molecule has 0 radical (unpaired) electrons. The van der Waals surface area contributed by atoms with Crippen molar-refractivity contribution in [1.29, 1.82) is 5.41 Å². The number of nitrogens with two attached hydrogens (primary N) is 1. The Morgan fingerprint density at radius 2 is 1.85 bits per heavy atom. The Balaban J connectivity index is 0.000000552. The summed E-state index contributed by atoms with van der Waals surface area (Å²) in [6, 6.07) is 1.11. The van der Waals surface area contributed by atoms with Crippen molar-refractivity contribution in [1.82, 2.24) is 19.7 Å². The van der Waals surface area contributed by atoms with E-state index in [9.17, 15) is 13.2 Å². The van der Waals surface area contributed by atoms with E-state index in [0.717, 1.165) is 36.3 Å². The molecule has 0 amide bonds. The highest BCUT2D eigenvalue weighted by molar-refractivity contribution is 6.04. The van der Waals surface area contributed by atoms with Crippen molar-refractivity contribution in [3.63, 3.8) is 0 Å². The predicted molar refractivity (Wildman–Crippen MR) is 85.1 cm³/mol. The van der Waals surface area contributed by atoms with Crippen LogP contribution in [0.1, 0.15) is 18.2 Å². The van der Waals surface area contributed by atoms with Gasteiger partial charge in [-0.05, 0) is 6.07 Å². The normalized spacial score (nSPS) is 10.3. The van der Waals surface area contributed by atoms with Gasteiger partial charge in [-0.25, -0.2) is 22.8 Å². The summed E-state index contributed by atoms with van der Waals surface area (Å²) in [5.41, 5.74) is 5.30. The molecule has 8 nitrogen and oxygen atoms in total. The molecule has 3 heterocycles. The number of carbonyl (C=O) groups is 1. The van der Waals surface area contributed by atoms with E-state index in [1.165, 1.54) is 0 Å². The monoisotopic (exact) mass is 366 g/mol. The molecule has 0 spiro atoms. The number of fused-ring (bicyclic) bond motifs is 1. The van der Waals surface area contributed by atoms with Crippen LogP contribution >= 0.6 is 0 Å². The first-order valence-electron chi connectivity index (χ1n) is 7.04. The van der Waals surface area contributed by atoms with Crippen LogP contribution in [0.15, 0.2) is 24.7 Å². The molecule has 0 aliphatic heterocycles. The maximum absolute atomic E-state index is 13.7. The van der Waals surface area contributed by atoms with E-state index in [-0.39, 0.29) is 28.8 Å². The van der Waals surface area contributed by atoms with E-state index >= 15 is 0 Å². The van der Waals surface area contributed by atoms with Crippen molar-refractivity contribution in [3.05, 3.63) is 53.4 Å². The fourth-order valence-corrected chi connectivity index (χ4v) is 2.08. The molecule has 0 saturated carbocycles. The number of hydrogen-bond donors (Lipinski definition) is 3. The Kier molecular flexibility index (Phi) is 5.50. The van der Waals surface area contributed by atoms with Crippen molar-refractivity contribution < 1.29 is 23.1 Å². The Morgan fingerprint density at radius 1 is 1.27 bits per heavy atom. The van der Waals surface area contributed by atoms with Gasteiger partial charge in [0.1, 0.15) is 29.0 Å². The van der Waals surface area contributed by atoms with Gasteiger partial charge < -0.3 is 10.8 Å². The molecule has 11 heteroatoms. The fraction of sp³-hybridized carbons (Fsp3) is 0.133. The standard InChI is InChI=1S/C13H9F3N6.C2H4O2/c14-6-1-7-11(12(17)18)21-22(13(7)20-2-6)5-8-9(15)3-19-4-10(8)16;1-2(3)4/h1-4H,5H2,(H3,17,18);1H3,(H,3,4). The lowest BCUT2D eigenvalue weighted by Gasteiger charge is -2.05. The van der Waals surface area contributed by atoms with Crippen LogP contribution < -0.4 is 5.73 Å². The zero-order chi connectivity index (χ0) is 19.4. The zero-order valence-electron chi connectivity index (χ0n) is 13.4. The number of pyridine rings is 2. The van der Waals surface area contributed by atoms with Crippen LogP contribution in [0.25, 0.3) is 11.0 Å². The maximum Gasteiger partial charge on any atom is 0.300 e. The molecule has 0 aliphatic carbocycles. The Hall–Kier alpha value is -3.50. The molecule has 26 heavy (non-hydrogen) atoms. The summed E-state index contributed by atoms with van der Waals surface area (Å²) in [7, 11) is 0. The number of nitrogen functional groups attached to an aromatic ring is 1. The molecule has 136 valence electrons. The fourth-order valence-electron chi connectivity index (χ4n) is 2.08. The lowest BCUT2D eigenvalue weighted by Crippen LogP contribution is -2.13. The number of rotatable bonds is 3. The van der Waals surface area contributed by atoms with Crippen molar-refractivity contribution >= 4 is 22.8 Å². The summed E-state index contributed by atoms with van der Waals surface area (Å²) < 4.78 is 41.8. The van der Waals surface area contributed by atoms with Crippen molar-refractivity contribution in [2.45, 2.75) is 13.5 Å². The smallest absolute Gasteiger partial charge is 0.300 e. The molecule has 0 aromatic carbocycles. The number of halogens is 3. The van der Waals surface area contributed by atoms with Crippen molar-refractivity contribution in [3.8, 4) is 0 Å². The van der Waals surface area contributed by atoms with Gasteiger partial charge in [0, 0.05) is 12.5 Å². The number of amidine groups is 1. The van der Waals surface area contributed by atoms with Crippen LogP contribution in [0, 0.1) is 22.9 Å². The highest BCUT2D eigenvalue weighted by Crippen LogP contribution is 2.20. The SMILES string of the molecule is CC(=O)O.N=C(N)c1nn(Cc2c(F)cncc2F)c2ncc(F)cc12. The molecule has 0 bridgehead atoms. The summed E-state index contributed by atoms with van der Waals surface area (Å²) in [5, 5.41) is 19.1. The lowest BCUT2D eigenvalue weighted by atomic mass is 10.2. The molecule has 3 aromatic heterocycles. The van der Waals surface area contributed by atoms with E-state index in [0.29, 0.717) is 0 Å². The van der Waals surface area contributed by atoms with E-state index in [4.69, 9.17) is 21.0 Å². The third-order valence-electron chi connectivity index (χ3n) is 3.07. The number of hydrogen-bond acceptors (Lipinski definition) is 5. The van der Waals surface area contributed by atoms with Gasteiger partial charge in [-0.3, -0.25) is 15.2 Å². The molecule has 0 unspecified atom stereocenters. The molecule has 0 fully saturated rings. The highest BCUT2D eigenvalue weighted by Gasteiger charge is 2.18. The van der Waals surface area contributed by atoms with Gasteiger partial charge in [0.15, 0.2) is 5.65 Å². The molecular weight excluding hydrogens is 353 g/mol. The summed E-state index contributed by atoms with van der Waals surface area (Å²) in [6.45, 7) is 0.794. The van der Waals surface area contributed by atoms with Gasteiger partial charge in [-0.15, -0.1) is 0 Å². The van der Waals surface area contributed by atoms with Gasteiger partial charge >= 0.3 is 0 Å². The predicted octanol–water partition coefficient (Wildman–Crippen LogP) is 1.67. The summed E-state index contributed by atoms with van der Waals surface area (Å²) in [4.78, 5) is 16.2. The molecule has 3 rings (SSSR count). The van der Waals surface area contributed by atoms with Crippen LogP contribution in [0.5, 0.6) is 0 Å². The minimum Gasteiger partial charge on any atom is -0.481 e. The van der Waals surface area contributed by atoms with Crippen LogP contribution in [-0.2, 0) is 11.3 Å². The molecule has 0 saturated heterocycles. The minimum absolute atomic E-state index is 0.00290. The number of carboxylic acids is 1. The number of aromatic nitrogens is 4. The van der Waals surface area contributed by atoms with E-state index in [1.54, 1.807) is 0 Å². The van der Waals surface area contributed by atoms with Crippen molar-refractivity contribution in [2.24, 2.45) is 5.73 Å². The minimum atomic E-state index is -0.838. The van der Waals surface area contributed by atoms with Gasteiger partial charge in [0.2, 0.25) is 0 Å². The van der Waals surface area contributed by atoms with Crippen LogP contribution in [0.2, 0.25) is 0 Å². The van der Waals surface area contributed by atoms with Crippen LogP contribution in [0.4, 0.5) is 13.2 Å². The van der Waals surface area contributed by atoms with Crippen molar-refractivity contribution in [2.75, 3.05) is 0 Å². The molecule has 3 aromatic rings. The van der Waals surface area contributed by atoms with Gasteiger partial charge in [-0.1, -0.05) is 0 Å². The number of nitrogens with zero attached hydrogens (tertiary/aromatic N) is 4. The molecular formula is C15H13F3N6O2. The Labute approximate surface area is 144 Å². The average molecular weight is 366 g/mol. The third-order valence-corrected chi connectivity index (χ3v) is 3.07. The average Bonchev–Trinajstić information content (AvgIpc) is 2.88. The summed E-state index contributed by atoms with van der Waals surface area (Å²) in [5.74, 6) is -3.53. The van der Waals surface area contributed by atoms with E-state index in [1.807, 2.05) is 0 Å². The van der Waals surface area contributed by atoms with Crippen LogP contribution in [-0.4, -0.2) is 36.7 Å². The number of nitrogens with one attached hydrogen (secondary N) is 1. The summed E-state index contributed by atoms with van der Waals surface area (Å²) in [6.07, 6.45) is 2.70. The number of carboxylic acid groups (broad SMARTS) is 1. The molecule has 4 N–H and O–H groups in total. The maximum atomic E-state index is 13.7. The molecule has 0 atom stereocenters. The van der Waals surface area contributed by atoms with E-state index in [2.05, 4.69) is 15.1 Å². The molecule has 0 aliphatic rings. The largest absolute Gasteiger partial charge is 0.481 e. The van der Waals surface area contributed by atoms with E-state index < -0.39 is 29.3 Å².